The van der Waals surface area contributed by atoms with Gasteiger partial charge in [0.2, 0.25) is 0 Å². The summed E-state index contributed by atoms with van der Waals surface area (Å²) in [6.45, 7) is 5.06. The molecule has 3 aliphatic rings. The number of nitrogens with zero attached hydrogens (tertiary/aromatic N) is 4. The number of H-pyrrole nitrogens is 1. The van der Waals surface area contributed by atoms with Gasteiger partial charge in [0.15, 0.2) is 12.4 Å². The standard InChI is InChI=1S/C33H33N7O5/c41-27(39-15-13-38(14-16-39)23-5-2-1-3-6-23)21-45-24-11-9-22(10-12-24)30-29-31(36-35-30)25-7-4-8-26(28(25)32(29)42)34-33(43)37-40-17-19-44-20-18-40/h1-12H,13-21H2,(H,35,36)(H2,34,37,43). The number of para-hydroxylation sites is 1. The average molecular weight is 608 g/mol. The first-order chi connectivity index (χ1) is 22.0. The van der Waals surface area contributed by atoms with E-state index >= 15 is 0 Å². The third-order valence-electron chi connectivity index (χ3n) is 8.32. The molecule has 7 rings (SSSR count). The molecule has 230 valence electrons. The van der Waals surface area contributed by atoms with Crippen LogP contribution in [-0.4, -0.2) is 96.9 Å². The van der Waals surface area contributed by atoms with E-state index in [1.165, 1.54) is 0 Å². The fourth-order valence-electron chi connectivity index (χ4n) is 5.97. The SMILES string of the molecule is O=C(Nc1cccc2c1C(=O)c1c(-c3ccc(OCC(=O)N4CCN(c5ccccc5)CC4)cc3)n[nH]c1-2)NN1CCOCC1. The van der Waals surface area contributed by atoms with Crippen LogP contribution in [0.15, 0.2) is 72.8 Å². The number of rotatable bonds is 7. The summed E-state index contributed by atoms with van der Waals surface area (Å²) in [7, 11) is 0. The van der Waals surface area contributed by atoms with Crippen molar-refractivity contribution < 1.29 is 23.9 Å². The number of aromatic amines is 1. The van der Waals surface area contributed by atoms with Crippen LogP contribution in [0.5, 0.6) is 5.75 Å². The van der Waals surface area contributed by atoms with E-state index in [1.54, 1.807) is 29.3 Å². The summed E-state index contributed by atoms with van der Waals surface area (Å²) in [6, 6.07) is 22.3. The molecule has 2 aliphatic heterocycles. The van der Waals surface area contributed by atoms with Gasteiger partial charge in [0, 0.05) is 56.1 Å². The van der Waals surface area contributed by atoms with Gasteiger partial charge in [0.05, 0.1) is 35.7 Å². The molecule has 0 saturated carbocycles. The average Bonchev–Trinajstić information content (AvgIpc) is 3.64. The maximum atomic E-state index is 13.7. The molecule has 0 radical (unpaired) electrons. The Bertz CT molecular complexity index is 1710. The number of hydrazine groups is 1. The molecule has 12 nitrogen and oxygen atoms in total. The molecule has 3 heterocycles. The Morgan fingerprint density at radius 1 is 0.867 bits per heavy atom. The molecule has 3 N–H and O–H groups in total. The number of amides is 3. The highest BCUT2D eigenvalue weighted by molar-refractivity contribution is 6.26. The van der Waals surface area contributed by atoms with Gasteiger partial charge >= 0.3 is 6.03 Å². The van der Waals surface area contributed by atoms with E-state index < -0.39 is 6.03 Å². The summed E-state index contributed by atoms with van der Waals surface area (Å²) in [5.41, 5.74) is 7.79. The lowest BCUT2D eigenvalue weighted by Crippen LogP contribution is -2.50. The zero-order valence-corrected chi connectivity index (χ0v) is 24.6. The third-order valence-corrected chi connectivity index (χ3v) is 8.32. The van der Waals surface area contributed by atoms with Crippen LogP contribution in [0.1, 0.15) is 15.9 Å². The number of morpholine rings is 1. The van der Waals surface area contributed by atoms with Crippen LogP contribution in [0.3, 0.4) is 0 Å². The molecule has 2 saturated heterocycles. The number of urea groups is 1. The van der Waals surface area contributed by atoms with Crippen LogP contribution in [0.4, 0.5) is 16.2 Å². The Morgan fingerprint density at radius 2 is 1.62 bits per heavy atom. The van der Waals surface area contributed by atoms with E-state index in [1.807, 2.05) is 41.3 Å². The highest BCUT2D eigenvalue weighted by atomic mass is 16.5. The van der Waals surface area contributed by atoms with Gasteiger partial charge in [0.1, 0.15) is 11.4 Å². The monoisotopic (exact) mass is 607 g/mol. The number of carbonyl (C=O) groups is 3. The molecule has 1 aliphatic carbocycles. The second-order valence-corrected chi connectivity index (χ2v) is 11.1. The third kappa shape index (κ3) is 5.85. The molecular formula is C33H33N7O5. The minimum atomic E-state index is -0.421. The molecule has 45 heavy (non-hydrogen) atoms. The summed E-state index contributed by atoms with van der Waals surface area (Å²) in [5, 5.41) is 12.1. The number of ether oxygens (including phenoxy) is 2. The lowest BCUT2D eigenvalue weighted by Gasteiger charge is -2.36. The fourth-order valence-corrected chi connectivity index (χ4v) is 5.97. The lowest BCUT2D eigenvalue weighted by molar-refractivity contribution is -0.133. The van der Waals surface area contributed by atoms with Crippen LogP contribution < -0.4 is 20.4 Å². The largest absolute Gasteiger partial charge is 0.484 e. The molecule has 3 amide bonds. The second kappa shape index (κ2) is 12.4. The molecule has 3 aromatic carbocycles. The van der Waals surface area contributed by atoms with Crippen molar-refractivity contribution in [2.45, 2.75) is 0 Å². The number of ketones is 1. The molecule has 0 unspecified atom stereocenters. The normalized spacial score (nSPS) is 16.2. The Kier molecular flexibility index (Phi) is 7.89. The van der Waals surface area contributed by atoms with Crippen molar-refractivity contribution in [3.63, 3.8) is 0 Å². The second-order valence-electron chi connectivity index (χ2n) is 11.1. The highest BCUT2D eigenvalue weighted by Gasteiger charge is 2.35. The van der Waals surface area contributed by atoms with Crippen molar-refractivity contribution in [2.24, 2.45) is 0 Å². The van der Waals surface area contributed by atoms with Crippen LogP contribution in [-0.2, 0) is 9.53 Å². The first-order valence-corrected chi connectivity index (χ1v) is 15.0. The van der Waals surface area contributed by atoms with Crippen molar-refractivity contribution in [1.82, 2.24) is 25.5 Å². The van der Waals surface area contributed by atoms with Crippen molar-refractivity contribution in [3.8, 4) is 28.3 Å². The number of hydrogen-bond donors (Lipinski definition) is 3. The summed E-state index contributed by atoms with van der Waals surface area (Å²) in [5.74, 6) is 0.280. The zero-order chi connectivity index (χ0) is 30.8. The number of piperazine rings is 1. The minimum Gasteiger partial charge on any atom is -0.484 e. The topological polar surface area (TPSA) is 132 Å². The quantitative estimate of drug-likeness (QED) is 0.257. The summed E-state index contributed by atoms with van der Waals surface area (Å²) in [6.07, 6.45) is 0. The molecule has 0 spiro atoms. The smallest absolute Gasteiger partial charge is 0.333 e. The number of aromatic nitrogens is 2. The fraction of sp³-hybridized carbons (Fsp3) is 0.273. The summed E-state index contributed by atoms with van der Waals surface area (Å²) >= 11 is 0. The Morgan fingerprint density at radius 3 is 2.38 bits per heavy atom. The predicted molar refractivity (Wildman–Crippen MR) is 168 cm³/mol. The summed E-state index contributed by atoms with van der Waals surface area (Å²) < 4.78 is 11.1. The molecule has 12 heteroatoms. The van der Waals surface area contributed by atoms with Gasteiger partial charge in [-0.3, -0.25) is 20.1 Å². The summed E-state index contributed by atoms with van der Waals surface area (Å²) in [4.78, 5) is 43.3. The first kappa shape index (κ1) is 28.6. The van der Waals surface area contributed by atoms with Crippen LogP contribution in [0.25, 0.3) is 22.5 Å². The number of benzene rings is 3. The van der Waals surface area contributed by atoms with Crippen molar-refractivity contribution in [2.75, 3.05) is 69.3 Å². The van der Waals surface area contributed by atoms with Crippen molar-refractivity contribution in [3.05, 3.63) is 83.9 Å². The van der Waals surface area contributed by atoms with Gasteiger partial charge in [-0.2, -0.15) is 5.10 Å². The lowest BCUT2D eigenvalue weighted by atomic mass is 10.0. The van der Waals surface area contributed by atoms with Crippen molar-refractivity contribution in [1.29, 1.82) is 0 Å². The number of nitrogens with one attached hydrogen (secondary N) is 3. The van der Waals surface area contributed by atoms with Crippen LogP contribution in [0.2, 0.25) is 0 Å². The Hall–Kier alpha value is -5.20. The van der Waals surface area contributed by atoms with E-state index in [4.69, 9.17) is 9.47 Å². The van der Waals surface area contributed by atoms with E-state index in [0.29, 0.717) is 78.9 Å². The molecule has 1 aromatic heterocycles. The van der Waals surface area contributed by atoms with Gasteiger partial charge in [-0.05, 0) is 42.5 Å². The van der Waals surface area contributed by atoms with Gasteiger partial charge in [-0.15, -0.1) is 0 Å². The minimum absolute atomic E-state index is 0.0504. The first-order valence-electron chi connectivity index (χ1n) is 15.0. The van der Waals surface area contributed by atoms with E-state index in [-0.39, 0.29) is 18.3 Å². The van der Waals surface area contributed by atoms with Gasteiger partial charge in [0.25, 0.3) is 5.91 Å². The van der Waals surface area contributed by atoms with Crippen molar-refractivity contribution >= 4 is 29.1 Å². The Labute approximate surface area is 259 Å². The van der Waals surface area contributed by atoms with Gasteiger partial charge < -0.3 is 24.6 Å². The van der Waals surface area contributed by atoms with E-state index in [9.17, 15) is 14.4 Å². The number of anilines is 2. The number of carbonyl (C=O) groups excluding carboxylic acids is 3. The number of fused-ring (bicyclic) bond motifs is 3. The number of hydrogen-bond acceptors (Lipinski definition) is 8. The molecule has 0 bridgehead atoms. The van der Waals surface area contributed by atoms with Gasteiger partial charge in [-0.1, -0.05) is 30.3 Å². The van der Waals surface area contributed by atoms with E-state index in [2.05, 4.69) is 38.0 Å². The van der Waals surface area contributed by atoms with E-state index in [0.717, 1.165) is 24.3 Å². The molecular weight excluding hydrogens is 574 g/mol. The molecule has 4 aromatic rings. The molecule has 0 atom stereocenters. The predicted octanol–water partition coefficient (Wildman–Crippen LogP) is 3.38. The zero-order valence-electron chi connectivity index (χ0n) is 24.6. The van der Waals surface area contributed by atoms with Gasteiger partial charge in [-0.25, -0.2) is 9.80 Å². The Balaban J connectivity index is 0.976. The maximum absolute atomic E-state index is 13.7. The van der Waals surface area contributed by atoms with Crippen LogP contribution in [0, 0.1) is 0 Å². The maximum Gasteiger partial charge on any atom is 0.333 e. The highest BCUT2D eigenvalue weighted by Crippen LogP contribution is 2.43. The van der Waals surface area contributed by atoms with Crippen LogP contribution >= 0.6 is 0 Å². The molecule has 2 fully saturated rings.